The van der Waals surface area contributed by atoms with E-state index < -0.39 is 0 Å². The second kappa shape index (κ2) is 9.38. The van der Waals surface area contributed by atoms with Crippen molar-refractivity contribution in [3.63, 3.8) is 0 Å². The molecule has 2 heterocycles. The minimum atomic E-state index is -0.247. The normalized spacial score (nSPS) is 12.9. The first-order valence-corrected chi connectivity index (χ1v) is 11.1. The van der Waals surface area contributed by atoms with Gasteiger partial charge in [-0.3, -0.25) is 25.4 Å². The molecule has 0 saturated carbocycles. The Labute approximate surface area is 197 Å². The number of aryl methyl sites for hydroxylation is 3. The van der Waals surface area contributed by atoms with E-state index in [0.717, 1.165) is 40.6 Å². The molecule has 2 aromatic heterocycles. The molecular weight excluding hydrogens is 434 g/mol. The predicted molar refractivity (Wildman–Crippen MR) is 136 cm³/mol. The third-order valence-corrected chi connectivity index (χ3v) is 5.78. The van der Waals surface area contributed by atoms with E-state index in [1.54, 1.807) is 23.9 Å². The fourth-order valence-electron chi connectivity index (χ4n) is 3.78. The van der Waals surface area contributed by atoms with E-state index in [1.807, 2.05) is 56.3 Å². The van der Waals surface area contributed by atoms with Crippen molar-refractivity contribution in [2.24, 2.45) is 7.05 Å². The average Bonchev–Trinajstić information content (AvgIpc) is 2.82. The maximum absolute atomic E-state index is 13.1. The van der Waals surface area contributed by atoms with Crippen molar-refractivity contribution in [3.05, 3.63) is 81.9 Å². The average molecular weight is 460 g/mol. The number of carbonyl (C=O) groups is 1. The number of thiocarbonyl (C=S) groups is 1. The number of hydrogen-bond donors (Lipinski definition) is 3. The van der Waals surface area contributed by atoms with Gasteiger partial charge in [-0.25, -0.2) is 0 Å². The summed E-state index contributed by atoms with van der Waals surface area (Å²) in [6, 6.07) is 9.45. The second-order valence-electron chi connectivity index (χ2n) is 8.01. The zero-order valence-corrected chi connectivity index (χ0v) is 19.5. The molecule has 1 aliphatic rings. The lowest BCUT2D eigenvalue weighted by Crippen LogP contribution is -2.44. The van der Waals surface area contributed by atoms with Gasteiger partial charge in [-0.2, -0.15) is 0 Å². The van der Waals surface area contributed by atoms with Crippen molar-refractivity contribution in [2.45, 2.75) is 26.7 Å². The van der Waals surface area contributed by atoms with Crippen LogP contribution >= 0.6 is 12.2 Å². The highest BCUT2D eigenvalue weighted by Gasteiger charge is 2.13. The van der Waals surface area contributed by atoms with E-state index in [9.17, 15) is 9.59 Å². The van der Waals surface area contributed by atoms with Crippen LogP contribution in [0.25, 0.3) is 22.0 Å². The Bertz CT molecular complexity index is 1390. The Morgan fingerprint density at radius 1 is 1.09 bits per heavy atom. The number of nitrogens with one attached hydrogen (secondary N) is 3. The number of carbonyl (C=O) groups excluding carboxylic acids is 1. The molecule has 1 aromatic carbocycles. The van der Waals surface area contributed by atoms with Crippen molar-refractivity contribution in [1.29, 1.82) is 0 Å². The number of hydrogen-bond acceptors (Lipinski definition) is 4. The number of anilines is 1. The van der Waals surface area contributed by atoms with Crippen molar-refractivity contribution in [2.75, 3.05) is 5.32 Å². The Kier molecular flexibility index (Phi) is 6.37. The summed E-state index contributed by atoms with van der Waals surface area (Å²) in [5, 5.41) is 4.19. The molecule has 8 heteroatoms. The number of hydrazine groups is 1. The summed E-state index contributed by atoms with van der Waals surface area (Å²) < 4.78 is 1.65. The smallest absolute Gasteiger partial charge is 0.269 e. The molecular formula is C25H25N5O2S. The molecule has 4 rings (SSSR count). The highest BCUT2D eigenvalue weighted by molar-refractivity contribution is 7.80. The number of benzene rings is 1. The molecule has 0 aliphatic heterocycles. The summed E-state index contributed by atoms with van der Waals surface area (Å²) in [5.74, 6) is -0.247. The SMILES string of the molecule is Cc1cc2c(cn1)cc(-c1cc(NC(=S)NNC(=O)C3=CCCC=C3)ccc1C)c(=O)n2C. The zero-order chi connectivity index (χ0) is 23.5. The molecule has 33 heavy (non-hydrogen) atoms. The first-order valence-electron chi connectivity index (χ1n) is 10.6. The minimum absolute atomic E-state index is 0.0878. The quantitative estimate of drug-likeness (QED) is 0.408. The first-order chi connectivity index (χ1) is 15.8. The van der Waals surface area contributed by atoms with Gasteiger partial charge < -0.3 is 9.88 Å². The lowest BCUT2D eigenvalue weighted by molar-refractivity contribution is -0.117. The van der Waals surface area contributed by atoms with E-state index in [2.05, 4.69) is 21.2 Å². The number of amides is 1. The van der Waals surface area contributed by atoms with Gasteiger partial charge in [0.15, 0.2) is 5.11 Å². The summed E-state index contributed by atoms with van der Waals surface area (Å²) in [6.45, 7) is 3.86. The molecule has 0 fully saturated rings. The summed E-state index contributed by atoms with van der Waals surface area (Å²) in [7, 11) is 1.77. The molecule has 1 amide bonds. The van der Waals surface area contributed by atoms with Crippen LogP contribution in [-0.2, 0) is 11.8 Å². The summed E-state index contributed by atoms with van der Waals surface area (Å²) in [6.07, 6.45) is 9.22. The fraction of sp³-hybridized carbons (Fsp3) is 0.200. The molecule has 7 nitrogen and oxygen atoms in total. The summed E-state index contributed by atoms with van der Waals surface area (Å²) in [4.78, 5) is 29.7. The standard InChI is InChI=1S/C25H25N5O2S/c1-15-9-10-19(27-25(33)29-28-23(31)17-7-5-4-6-8-17)13-20(15)21-12-18-14-26-16(2)11-22(18)30(3)24(21)32/h5,7-14H,4,6H2,1-3H3,(H,28,31)(H2,27,29,33). The third-order valence-electron chi connectivity index (χ3n) is 5.58. The minimum Gasteiger partial charge on any atom is -0.331 e. The van der Waals surface area contributed by atoms with Crippen molar-refractivity contribution in [3.8, 4) is 11.1 Å². The predicted octanol–water partition coefficient (Wildman–Crippen LogP) is 3.81. The Balaban J connectivity index is 1.55. The van der Waals surface area contributed by atoms with Gasteiger partial charge in [0.2, 0.25) is 0 Å². The third kappa shape index (κ3) is 4.85. The maximum atomic E-state index is 13.1. The summed E-state index contributed by atoms with van der Waals surface area (Å²) in [5.41, 5.74) is 10.6. The molecule has 0 radical (unpaired) electrons. The van der Waals surface area contributed by atoms with Crippen LogP contribution in [0.2, 0.25) is 0 Å². The van der Waals surface area contributed by atoms with Gasteiger partial charge in [0.25, 0.3) is 11.5 Å². The summed E-state index contributed by atoms with van der Waals surface area (Å²) >= 11 is 5.32. The van der Waals surface area contributed by atoms with Crippen LogP contribution in [0.5, 0.6) is 0 Å². The van der Waals surface area contributed by atoms with Crippen molar-refractivity contribution < 1.29 is 4.79 Å². The lowest BCUT2D eigenvalue weighted by Gasteiger charge is -2.15. The van der Waals surface area contributed by atoms with Crippen LogP contribution < -0.4 is 21.7 Å². The van der Waals surface area contributed by atoms with Crippen LogP contribution in [0, 0.1) is 13.8 Å². The number of pyridine rings is 2. The van der Waals surface area contributed by atoms with Gasteiger partial charge in [0.1, 0.15) is 0 Å². The molecule has 1 aliphatic carbocycles. The molecule has 0 atom stereocenters. The van der Waals surface area contributed by atoms with Gasteiger partial charge in [-0.15, -0.1) is 0 Å². The fourth-order valence-corrected chi connectivity index (χ4v) is 3.95. The zero-order valence-electron chi connectivity index (χ0n) is 18.7. The van der Waals surface area contributed by atoms with Gasteiger partial charge in [-0.1, -0.05) is 24.3 Å². The van der Waals surface area contributed by atoms with E-state index in [-0.39, 0.29) is 16.6 Å². The number of rotatable bonds is 3. The second-order valence-corrected chi connectivity index (χ2v) is 8.42. The van der Waals surface area contributed by atoms with Gasteiger partial charge >= 0.3 is 0 Å². The maximum Gasteiger partial charge on any atom is 0.269 e. The van der Waals surface area contributed by atoms with Crippen molar-refractivity contribution >= 4 is 39.8 Å². The van der Waals surface area contributed by atoms with Crippen LogP contribution in [-0.4, -0.2) is 20.6 Å². The molecule has 0 bridgehead atoms. The molecule has 0 unspecified atom stereocenters. The number of aromatic nitrogens is 2. The number of nitrogens with zero attached hydrogens (tertiary/aromatic N) is 2. The first kappa shape index (κ1) is 22.4. The largest absolute Gasteiger partial charge is 0.331 e. The molecule has 168 valence electrons. The topological polar surface area (TPSA) is 88.1 Å². The van der Waals surface area contributed by atoms with E-state index in [1.165, 1.54) is 0 Å². The van der Waals surface area contributed by atoms with E-state index >= 15 is 0 Å². The Morgan fingerprint density at radius 2 is 1.91 bits per heavy atom. The lowest BCUT2D eigenvalue weighted by atomic mass is 9.99. The van der Waals surface area contributed by atoms with E-state index in [0.29, 0.717) is 16.8 Å². The van der Waals surface area contributed by atoms with Gasteiger partial charge in [0, 0.05) is 41.1 Å². The highest BCUT2D eigenvalue weighted by Crippen LogP contribution is 2.26. The molecule has 3 N–H and O–H groups in total. The monoisotopic (exact) mass is 459 g/mol. The van der Waals surface area contributed by atoms with Gasteiger partial charge in [-0.05, 0) is 74.3 Å². The molecule has 0 saturated heterocycles. The van der Waals surface area contributed by atoms with Gasteiger partial charge in [0.05, 0.1) is 5.52 Å². The van der Waals surface area contributed by atoms with Crippen LogP contribution in [0.15, 0.2) is 65.1 Å². The number of fused-ring (bicyclic) bond motifs is 1. The Morgan fingerprint density at radius 3 is 2.67 bits per heavy atom. The highest BCUT2D eigenvalue weighted by atomic mass is 32.1. The number of allylic oxidation sites excluding steroid dienone is 2. The van der Waals surface area contributed by atoms with Crippen LogP contribution in [0.3, 0.4) is 0 Å². The molecule has 3 aromatic rings. The Hall–Kier alpha value is -3.78. The van der Waals surface area contributed by atoms with Crippen LogP contribution in [0.4, 0.5) is 5.69 Å². The van der Waals surface area contributed by atoms with Crippen LogP contribution in [0.1, 0.15) is 24.1 Å². The molecule has 0 spiro atoms. The van der Waals surface area contributed by atoms with Crippen molar-refractivity contribution in [1.82, 2.24) is 20.4 Å². The van der Waals surface area contributed by atoms with E-state index in [4.69, 9.17) is 12.2 Å².